The lowest BCUT2D eigenvalue weighted by Crippen LogP contribution is -2.29. The van der Waals surface area contributed by atoms with E-state index < -0.39 is 0 Å². The van der Waals surface area contributed by atoms with Crippen molar-refractivity contribution in [2.75, 3.05) is 12.3 Å². The summed E-state index contributed by atoms with van der Waals surface area (Å²) in [7, 11) is 1.72. The maximum absolute atomic E-state index is 12.1. The number of nitrogens with one attached hydrogen (secondary N) is 1. The van der Waals surface area contributed by atoms with Crippen molar-refractivity contribution in [3.8, 4) is 0 Å². The number of amides is 1. The van der Waals surface area contributed by atoms with Gasteiger partial charge in [-0.3, -0.25) is 14.2 Å². The van der Waals surface area contributed by atoms with Gasteiger partial charge < -0.3 is 11.1 Å². The second-order valence-corrected chi connectivity index (χ2v) is 4.21. The third kappa shape index (κ3) is 2.75. The zero-order valence-electron chi connectivity index (χ0n) is 11.1. The Labute approximate surface area is 111 Å². The highest BCUT2D eigenvalue weighted by molar-refractivity contribution is 5.97. The van der Waals surface area contributed by atoms with Crippen molar-refractivity contribution in [3.63, 3.8) is 0 Å². The molecule has 1 amide bonds. The SMILES string of the molecule is CCc1nn(C)c(C(=O)NCCn2cccn2)c1N. The van der Waals surface area contributed by atoms with Crippen molar-refractivity contribution >= 4 is 11.6 Å². The summed E-state index contributed by atoms with van der Waals surface area (Å²) in [6.07, 6.45) is 4.26. The number of carbonyl (C=O) groups is 1. The van der Waals surface area contributed by atoms with Gasteiger partial charge in [0.15, 0.2) is 0 Å². The fraction of sp³-hybridized carbons (Fsp3) is 0.417. The lowest BCUT2D eigenvalue weighted by molar-refractivity contribution is 0.0943. The Bertz CT molecular complexity index is 557. The minimum atomic E-state index is -0.209. The molecule has 2 rings (SSSR count). The average Bonchev–Trinajstić information content (AvgIpc) is 2.97. The van der Waals surface area contributed by atoms with Crippen LogP contribution in [0, 0.1) is 0 Å². The van der Waals surface area contributed by atoms with Gasteiger partial charge in [-0.25, -0.2) is 0 Å². The number of rotatable bonds is 5. The molecule has 2 heterocycles. The van der Waals surface area contributed by atoms with Gasteiger partial charge in [0.05, 0.1) is 17.9 Å². The first-order chi connectivity index (χ1) is 9.13. The zero-order valence-corrected chi connectivity index (χ0v) is 11.1. The molecule has 0 fully saturated rings. The summed E-state index contributed by atoms with van der Waals surface area (Å²) >= 11 is 0. The number of aryl methyl sites for hydroxylation is 2. The Morgan fingerprint density at radius 2 is 2.32 bits per heavy atom. The van der Waals surface area contributed by atoms with Gasteiger partial charge in [0.1, 0.15) is 5.69 Å². The fourth-order valence-corrected chi connectivity index (χ4v) is 1.93. The number of hydrogen-bond acceptors (Lipinski definition) is 4. The van der Waals surface area contributed by atoms with Crippen LogP contribution in [-0.4, -0.2) is 32.0 Å². The van der Waals surface area contributed by atoms with Gasteiger partial charge in [-0.2, -0.15) is 10.2 Å². The Morgan fingerprint density at radius 1 is 1.53 bits per heavy atom. The molecule has 0 saturated heterocycles. The van der Waals surface area contributed by atoms with Crippen LogP contribution in [0.4, 0.5) is 5.69 Å². The lowest BCUT2D eigenvalue weighted by atomic mass is 10.2. The number of nitrogens with zero attached hydrogens (tertiary/aromatic N) is 4. The Hall–Kier alpha value is -2.31. The summed E-state index contributed by atoms with van der Waals surface area (Å²) in [6.45, 7) is 3.07. The molecule has 0 atom stereocenters. The largest absolute Gasteiger partial charge is 0.395 e. The van der Waals surface area contributed by atoms with Crippen molar-refractivity contribution in [2.45, 2.75) is 19.9 Å². The Kier molecular flexibility index (Phi) is 3.84. The predicted octanol–water partition coefficient (Wildman–Crippen LogP) is 0.191. The summed E-state index contributed by atoms with van der Waals surface area (Å²) in [4.78, 5) is 12.1. The molecule has 0 aliphatic heterocycles. The van der Waals surface area contributed by atoms with Crippen molar-refractivity contribution in [1.82, 2.24) is 24.9 Å². The molecule has 2 aromatic rings. The summed E-state index contributed by atoms with van der Waals surface area (Å²) in [5, 5.41) is 11.1. The van der Waals surface area contributed by atoms with Crippen LogP contribution >= 0.6 is 0 Å². The summed E-state index contributed by atoms with van der Waals surface area (Å²) in [5.74, 6) is -0.209. The highest BCUT2D eigenvalue weighted by Gasteiger charge is 2.18. The first kappa shape index (κ1) is 13.1. The van der Waals surface area contributed by atoms with Crippen LogP contribution in [0.3, 0.4) is 0 Å². The number of nitrogen functional groups attached to an aromatic ring is 1. The monoisotopic (exact) mass is 262 g/mol. The third-order valence-corrected chi connectivity index (χ3v) is 2.90. The lowest BCUT2D eigenvalue weighted by Gasteiger charge is -2.06. The van der Waals surface area contributed by atoms with E-state index in [1.165, 1.54) is 4.68 Å². The Balaban J connectivity index is 1.98. The fourth-order valence-electron chi connectivity index (χ4n) is 1.93. The maximum Gasteiger partial charge on any atom is 0.271 e. The molecule has 2 aromatic heterocycles. The molecule has 0 aliphatic carbocycles. The minimum absolute atomic E-state index is 0.209. The average molecular weight is 262 g/mol. The highest BCUT2D eigenvalue weighted by atomic mass is 16.2. The molecule has 7 nitrogen and oxygen atoms in total. The molecule has 0 aliphatic rings. The van der Waals surface area contributed by atoms with E-state index in [1.807, 2.05) is 19.2 Å². The second-order valence-electron chi connectivity index (χ2n) is 4.21. The van der Waals surface area contributed by atoms with Crippen LogP contribution in [0.15, 0.2) is 18.5 Å². The molecule has 102 valence electrons. The van der Waals surface area contributed by atoms with Crippen LogP contribution in [0.5, 0.6) is 0 Å². The normalized spacial score (nSPS) is 10.6. The quantitative estimate of drug-likeness (QED) is 0.804. The molecule has 0 unspecified atom stereocenters. The second kappa shape index (κ2) is 5.55. The van der Waals surface area contributed by atoms with Crippen molar-refractivity contribution < 1.29 is 4.79 Å². The Morgan fingerprint density at radius 3 is 2.89 bits per heavy atom. The van der Waals surface area contributed by atoms with Crippen LogP contribution in [0.1, 0.15) is 23.1 Å². The summed E-state index contributed by atoms with van der Waals surface area (Å²) in [6, 6.07) is 1.84. The van der Waals surface area contributed by atoms with E-state index in [0.717, 1.165) is 5.69 Å². The van der Waals surface area contributed by atoms with E-state index in [-0.39, 0.29) is 5.91 Å². The number of nitrogens with two attached hydrogens (primary N) is 1. The predicted molar refractivity (Wildman–Crippen MR) is 71.6 cm³/mol. The first-order valence-electron chi connectivity index (χ1n) is 6.20. The number of anilines is 1. The smallest absolute Gasteiger partial charge is 0.271 e. The van der Waals surface area contributed by atoms with Crippen LogP contribution in [-0.2, 0) is 20.0 Å². The highest BCUT2D eigenvalue weighted by Crippen LogP contribution is 2.16. The molecule has 0 saturated carbocycles. The molecule has 0 spiro atoms. The number of hydrogen-bond donors (Lipinski definition) is 2. The molecular weight excluding hydrogens is 244 g/mol. The van der Waals surface area contributed by atoms with Gasteiger partial charge in [0, 0.05) is 26.0 Å². The molecule has 3 N–H and O–H groups in total. The van der Waals surface area contributed by atoms with Crippen molar-refractivity contribution in [1.29, 1.82) is 0 Å². The van der Waals surface area contributed by atoms with E-state index in [9.17, 15) is 4.79 Å². The van der Waals surface area contributed by atoms with E-state index in [1.54, 1.807) is 17.9 Å². The first-order valence-corrected chi connectivity index (χ1v) is 6.20. The number of aromatic nitrogens is 4. The molecule has 0 radical (unpaired) electrons. The van der Waals surface area contributed by atoms with Gasteiger partial charge in [-0.1, -0.05) is 6.92 Å². The molecule has 7 heteroatoms. The van der Waals surface area contributed by atoms with E-state index in [0.29, 0.717) is 30.9 Å². The van der Waals surface area contributed by atoms with Gasteiger partial charge in [0.2, 0.25) is 0 Å². The zero-order chi connectivity index (χ0) is 13.8. The van der Waals surface area contributed by atoms with Gasteiger partial charge in [0.25, 0.3) is 5.91 Å². The van der Waals surface area contributed by atoms with Gasteiger partial charge in [-0.15, -0.1) is 0 Å². The van der Waals surface area contributed by atoms with Crippen LogP contribution < -0.4 is 11.1 Å². The summed E-state index contributed by atoms with van der Waals surface area (Å²) in [5.41, 5.74) is 7.54. The minimum Gasteiger partial charge on any atom is -0.395 e. The van der Waals surface area contributed by atoms with Crippen molar-refractivity contribution in [3.05, 3.63) is 29.8 Å². The maximum atomic E-state index is 12.1. The third-order valence-electron chi connectivity index (χ3n) is 2.90. The van der Waals surface area contributed by atoms with E-state index in [2.05, 4.69) is 15.5 Å². The van der Waals surface area contributed by atoms with Crippen LogP contribution in [0.25, 0.3) is 0 Å². The molecule has 19 heavy (non-hydrogen) atoms. The molecule has 0 aromatic carbocycles. The van der Waals surface area contributed by atoms with Gasteiger partial charge in [-0.05, 0) is 12.5 Å². The van der Waals surface area contributed by atoms with Crippen molar-refractivity contribution in [2.24, 2.45) is 7.05 Å². The van der Waals surface area contributed by atoms with Crippen LogP contribution in [0.2, 0.25) is 0 Å². The van der Waals surface area contributed by atoms with E-state index >= 15 is 0 Å². The van der Waals surface area contributed by atoms with E-state index in [4.69, 9.17) is 5.73 Å². The molecule has 0 bridgehead atoms. The van der Waals surface area contributed by atoms with Gasteiger partial charge >= 0.3 is 0 Å². The summed E-state index contributed by atoms with van der Waals surface area (Å²) < 4.78 is 3.28. The standard InChI is InChI=1S/C12H18N6O/c1-3-9-10(13)11(17(2)16-9)12(19)14-6-8-18-7-4-5-15-18/h4-5,7H,3,6,8,13H2,1-2H3,(H,14,19). The number of carbonyl (C=O) groups excluding carboxylic acids is 1. The molecular formula is C12H18N6O. The topological polar surface area (TPSA) is 90.8 Å².